The molecule has 0 saturated carbocycles. The summed E-state index contributed by atoms with van der Waals surface area (Å²) in [5, 5.41) is 0.593. The third-order valence-corrected chi connectivity index (χ3v) is 12.1. The van der Waals surface area contributed by atoms with E-state index >= 15 is 17.6 Å². The Morgan fingerprint density at radius 2 is 0.808 bits per heavy atom. The lowest BCUT2D eigenvalue weighted by atomic mass is 9.32. The van der Waals surface area contributed by atoms with Crippen LogP contribution in [-0.4, -0.2) is 20.3 Å². The minimum absolute atomic E-state index is 0.150. The van der Waals surface area contributed by atoms with E-state index < -0.39 is 99.0 Å². The molecule has 0 heterocycles. The summed E-state index contributed by atoms with van der Waals surface area (Å²) in [5.74, 6) is -30.2. The SMILES string of the molecule is Cc1cc(C)c(P(/C=C/[B-](OS(=O)(=O)C(F)(F)F)(c2c(F)c(F)c(F)c(F)c2F)c2c(F)c(F)c(F)c(F)c2F)c2c(C)cc(C)cc2C)c(C)c1. The summed E-state index contributed by atoms with van der Waals surface area (Å²) in [6.07, 6.45) is -6.03. The third kappa shape index (κ3) is 6.84. The van der Waals surface area contributed by atoms with Gasteiger partial charge in [0.2, 0.25) is 6.35 Å². The highest BCUT2D eigenvalue weighted by molar-refractivity contribution is 7.89. The van der Waals surface area contributed by atoms with Crippen molar-refractivity contribution < 1.29 is 69.6 Å². The predicted octanol–water partition coefficient (Wildman–Crippen LogP) is 8.04. The molecule has 4 aromatic carbocycles. The van der Waals surface area contributed by atoms with Gasteiger partial charge in [-0.3, -0.25) is 0 Å². The zero-order valence-corrected chi connectivity index (χ0v) is 29.2. The molecule has 0 aliphatic heterocycles. The van der Waals surface area contributed by atoms with Crippen molar-refractivity contribution in [3.63, 3.8) is 0 Å². The normalized spacial score (nSPS) is 12.8. The fraction of sp³-hybridized carbons (Fsp3) is 0.212. The van der Waals surface area contributed by atoms with Gasteiger partial charge in [-0.05, 0) is 82.3 Å². The van der Waals surface area contributed by atoms with Crippen LogP contribution < -0.4 is 21.5 Å². The molecule has 3 nitrogen and oxygen atoms in total. The van der Waals surface area contributed by atoms with Gasteiger partial charge in [0.05, 0.1) is 0 Å². The average Bonchev–Trinajstić information content (AvgIpc) is 3.01. The maximum Gasteiger partial charge on any atom is 0.519 e. The van der Waals surface area contributed by atoms with Crippen LogP contribution >= 0.6 is 7.92 Å². The van der Waals surface area contributed by atoms with Crippen molar-refractivity contribution in [2.75, 3.05) is 0 Å². The van der Waals surface area contributed by atoms with Gasteiger partial charge < -0.3 is 4.10 Å². The van der Waals surface area contributed by atoms with Crippen LogP contribution in [-0.2, 0) is 14.2 Å². The molecule has 0 fully saturated rings. The Morgan fingerprint density at radius 3 is 1.08 bits per heavy atom. The summed E-state index contributed by atoms with van der Waals surface area (Å²) in [4.78, 5) is 0. The molecule has 280 valence electrons. The van der Waals surface area contributed by atoms with Crippen molar-refractivity contribution >= 4 is 45.9 Å². The molecule has 0 amide bonds. The van der Waals surface area contributed by atoms with E-state index in [0.29, 0.717) is 49.8 Å². The van der Waals surface area contributed by atoms with Gasteiger partial charge in [-0.1, -0.05) is 52.1 Å². The summed E-state index contributed by atoms with van der Waals surface area (Å²) in [5.41, 5.74) is -9.15. The number of benzene rings is 4. The van der Waals surface area contributed by atoms with Crippen molar-refractivity contribution in [2.45, 2.75) is 47.1 Å². The van der Waals surface area contributed by atoms with Crippen LogP contribution in [0.25, 0.3) is 0 Å². The molecule has 0 aliphatic rings. The lowest BCUT2D eigenvalue weighted by Crippen LogP contribution is -2.66. The van der Waals surface area contributed by atoms with Crippen LogP contribution in [0, 0.1) is 99.7 Å². The Morgan fingerprint density at radius 1 is 0.538 bits per heavy atom. The van der Waals surface area contributed by atoms with E-state index in [2.05, 4.69) is 4.10 Å². The van der Waals surface area contributed by atoms with E-state index in [1.54, 1.807) is 65.8 Å². The molecule has 0 spiro atoms. The second kappa shape index (κ2) is 14.2. The first kappa shape index (κ1) is 40.9. The van der Waals surface area contributed by atoms with Gasteiger partial charge in [-0.15, -0.1) is 0 Å². The van der Waals surface area contributed by atoms with Crippen molar-refractivity contribution in [2.24, 2.45) is 0 Å². The molecule has 52 heavy (non-hydrogen) atoms. The molecule has 0 N–H and O–H groups in total. The monoisotopic (exact) mass is 789 g/mol. The zero-order chi connectivity index (χ0) is 39.6. The van der Waals surface area contributed by atoms with Gasteiger partial charge in [0.1, 0.15) is 23.3 Å². The Labute approximate surface area is 289 Å². The van der Waals surface area contributed by atoms with E-state index in [9.17, 15) is 47.9 Å². The number of aryl methyl sites for hydroxylation is 6. The minimum atomic E-state index is -7.47. The number of alkyl halides is 3. The molecule has 0 aromatic heterocycles. The van der Waals surface area contributed by atoms with Crippen LogP contribution in [0.5, 0.6) is 0 Å². The molecule has 0 bridgehead atoms. The second-order valence-electron chi connectivity index (χ2n) is 12.0. The molecule has 0 unspecified atom stereocenters. The minimum Gasteiger partial charge on any atom is -0.466 e. The first-order valence-corrected chi connectivity index (χ1v) is 17.5. The number of rotatable bonds is 8. The van der Waals surface area contributed by atoms with Gasteiger partial charge in [-0.25, -0.2) is 49.9 Å². The van der Waals surface area contributed by atoms with E-state index in [-0.39, 0.29) is 5.98 Å². The Hall–Kier alpha value is -3.89. The van der Waals surface area contributed by atoms with Crippen molar-refractivity contribution in [1.82, 2.24) is 0 Å². The Kier molecular flexibility index (Phi) is 11.1. The lowest BCUT2D eigenvalue weighted by molar-refractivity contribution is -0.0501. The van der Waals surface area contributed by atoms with Crippen LogP contribution in [0.4, 0.5) is 57.1 Å². The molecular weight excluding hydrogens is 765 g/mol. The quantitative estimate of drug-likeness (QED) is 0.0454. The van der Waals surface area contributed by atoms with Crippen LogP contribution in [0.2, 0.25) is 0 Å². The molecular formula is C33H24BF13O3PS-. The molecule has 0 saturated heterocycles. The largest absolute Gasteiger partial charge is 0.519 e. The number of halogens is 13. The van der Waals surface area contributed by atoms with Crippen molar-refractivity contribution in [3.05, 3.63) is 128 Å². The van der Waals surface area contributed by atoms with Gasteiger partial charge >= 0.3 is 15.6 Å². The number of hydrogen-bond donors (Lipinski definition) is 0. The molecule has 4 aromatic rings. The summed E-state index contributed by atoms with van der Waals surface area (Å²) >= 11 is 0. The van der Waals surface area contributed by atoms with Gasteiger partial charge in [0, 0.05) is 0 Å². The van der Waals surface area contributed by atoms with E-state index in [1.807, 2.05) is 0 Å². The van der Waals surface area contributed by atoms with Crippen molar-refractivity contribution in [3.8, 4) is 0 Å². The van der Waals surface area contributed by atoms with E-state index in [1.165, 1.54) is 0 Å². The number of hydrogen-bond acceptors (Lipinski definition) is 3. The molecule has 19 heteroatoms. The summed E-state index contributed by atoms with van der Waals surface area (Å²) < 4.78 is 222. The second-order valence-corrected chi connectivity index (χ2v) is 15.5. The highest BCUT2D eigenvalue weighted by atomic mass is 32.2. The first-order valence-electron chi connectivity index (χ1n) is 14.7. The summed E-state index contributed by atoms with van der Waals surface area (Å²) in [7, 11) is -9.86. The predicted molar refractivity (Wildman–Crippen MR) is 170 cm³/mol. The van der Waals surface area contributed by atoms with Crippen LogP contribution in [0.3, 0.4) is 0 Å². The Balaban J connectivity index is 2.39. The van der Waals surface area contributed by atoms with Crippen LogP contribution in [0.1, 0.15) is 33.4 Å². The molecule has 0 aliphatic carbocycles. The maximum absolute atomic E-state index is 15.7. The summed E-state index contributed by atoms with van der Waals surface area (Å²) in [6, 6.07) is 6.45. The third-order valence-electron chi connectivity index (χ3n) is 8.17. The topological polar surface area (TPSA) is 43.4 Å². The first-order chi connectivity index (χ1) is 23.8. The van der Waals surface area contributed by atoms with Gasteiger partial charge in [-0.2, -0.15) is 21.6 Å². The van der Waals surface area contributed by atoms with E-state index in [4.69, 9.17) is 0 Å². The zero-order valence-electron chi connectivity index (χ0n) is 27.5. The maximum atomic E-state index is 15.7. The molecule has 4 rings (SSSR count). The average molecular weight is 789 g/mol. The van der Waals surface area contributed by atoms with Crippen molar-refractivity contribution in [1.29, 1.82) is 0 Å². The highest BCUT2D eigenvalue weighted by Gasteiger charge is 2.53. The fourth-order valence-corrected chi connectivity index (χ4v) is 9.77. The van der Waals surface area contributed by atoms with Gasteiger partial charge in [0.25, 0.3) is 0 Å². The molecule has 0 radical (unpaired) electrons. The fourth-order valence-electron chi connectivity index (χ4n) is 6.29. The van der Waals surface area contributed by atoms with Gasteiger partial charge in [0.15, 0.2) is 34.9 Å². The molecule has 0 atom stereocenters. The van der Waals surface area contributed by atoms with E-state index in [0.717, 1.165) is 0 Å². The Bertz CT molecular complexity index is 2040. The summed E-state index contributed by atoms with van der Waals surface area (Å²) in [6.45, 7) is 9.56. The highest BCUT2D eigenvalue weighted by Crippen LogP contribution is 2.42. The smallest absolute Gasteiger partial charge is 0.466 e. The lowest BCUT2D eigenvalue weighted by Gasteiger charge is -2.40. The standard InChI is InChI=1S/C33H24BF13O3PS/c1-13-9-15(3)31(16(4)10-13)51(32-17(5)11-14(2)12-18(32)6)8-7-34(50-52(48,49)33(45,46)47,19-21(35)25(39)29(43)26(40)22(19)36)20-23(37)27(41)30(44)28(42)24(20)38/h7-12H,1-6H3/q-1/b8-7+. The van der Waals surface area contributed by atoms with Crippen LogP contribution in [0.15, 0.2) is 36.1 Å².